The zero-order valence-electron chi connectivity index (χ0n) is 22.1. The second-order valence-corrected chi connectivity index (χ2v) is 11.3. The summed E-state index contributed by atoms with van der Waals surface area (Å²) >= 11 is 0. The van der Waals surface area contributed by atoms with Crippen LogP contribution in [0.2, 0.25) is 0 Å². The van der Waals surface area contributed by atoms with Gasteiger partial charge in [-0.15, -0.1) is 0 Å². The minimum Gasteiger partial charge on any atom is -0.328 e. The molecule has 202 valence electrons. The Morgan fingerprint density at radius 1 is 0.949 bits per heavy atom. The number of imidazole rings is 1. The summed E-state index contributed by atoms with van der Waals surface area (Å²) in [5, 5.41) is 3.06. The molecule has 1 spiro atoms. The molecule has 0 unspecified atom stereocenters. The Kier molecular flexibility index (Phi) is 6.04. The van der Waals surface area contributed by atoms with Crippen LogP contribution >= 0.6 is 0 Å². The van der Waals surface area contributed by atoms with E-state index in [4.69, 9.17) is 0 Å². The number of aromatic nitrogens is 5. The van der Waals surface area contributed by atoms with E-state index in [1.165, 1.54) is 32.0 Å². The molecule has 0 radical (unpaired) electrons. The van der Waals surface area contributed by atoms with E-state index in [0.29, 0.717) is 27.8 Å². The predicted molar refractivity (Wildman–Crippen MR) is 146 cm³/mol. The molecule has 3 aliphatic heterocycles. The van der Waals surface area contributed by atoms with E-state index in [2.05, 4.69) is 42.0 Å². The molecule has 2 fully saturated rings. The lowest BCUT2D eigenvalue weighted by Crippen LogP contribution is -2.59. The van der Waals surface area contributed by atoms with Crippen LogP contribution in [0.1, 0.15) is 37.6 Å². The van der Waals surface area contributed by atoms with Gasteiger partial charge in [-0.05, 0) is 68.1 Å². The van der Waals surface area contributed by atoms with E-state index in [1.54, 1.807) is 6.07 Å². The van der Waals surface area contributed by atoms with E-state index in [1.807, 2.05) is 22.9 Å². The second kappa shape index (κ2) is 9.60. The molecule has 10 heteroatoms. The van der Waals surface area contributed by atoms with Crippen LogP contribution in [0.25, 0.3) is 22.3 Å². The van der Waals surface area contributed by atoms with Crippen molar-refractivity contribution in [2.45, 2.75) is 45.7 Å². The highest BCUT2D eigenvalue weighted by Crippen LogP contribution is 2.41. The third-order valence-corrected chi connectivity index (χ3v) is 8.64. The Labute approximate surface area is 226 Å². The Balaban J connectivity index is 1.03. The number of anilines is 2. The van der Waals surface area contributed by atoms with Gasteiger partial charge in [-0.2, -0.15) is 0 Å². The maximum Gasteiger partial charge on any atom is 0.229 e. The molecule has 2 saturated heterocycles. The summed E-state index contributed by atoms with van der Waals surface area (Å²) in [6.07, 6.45) is 7.35. The summed E-state index contributed by atoms with van der Waals surface area (Å²) in [6.45, 7) is 9.81. The van der Waals surface area contributed by atoms with Crippen LogP contribution in [0.4, 0.5) is 20.5 Å². The van der Waals surface area contributed by atoms with Crippen LogP contribution in [-0.2, 0) is 19.5 Å². The summed E-state index contributed by atoms with van der Waals surface area (Å²) in [6, 6.07) is 6.99. The SMILES string of the molecule is CCN1CCC2(CC1)CN(Cc1ccc(Nc3ncc(F)c(-c4cc(F)c5nc6n(c5c4)CCC6)n3)nc1)C2. The standard InChI is InChI=1S/C29H32F2N8/c1-2-37-10-7-29(8-11-37)17-38(18-29)16-19-5-6-24(32-14-19)34-28-33-15-22(31)26(36-28)20-12-21(30)27-23(13-20)39-9-3-4-25(39)35-27/h5-6,12-15H,2-4,7-11,16-18H2,1H3,(H,32,33,34,36). The Hall–Kier alpha value is -3.50. The fourth-order valence-electron chi connectivity index (χ4n) is 6.47. The first-order chi connectivity index (χ1) is 19.0. The van der Waals surface area contributed by atoms with Gasteiger partial charge in [0.15, 0.2) is 11.6 Å². The number of nitrogens with one attached hydrogen (secondary N) is 1. The number of likely N-dealkylation sites (tertiary alicyclic amines) is 2. The van der Waals surface area contributed by atoms with Gasteiger partial charge >= 0.3 is 0 Å². The number of pyridine rings is 1. The molecule has 6 heterocycles. The normalized spacial score (nSPS) is 18.9. The van der Waals surface area contributed by atoms with Crippen molar-refractivity contribution < 1.29 is 8.78 Å². The van der Waals surface area contributed by atoms with E-state index < -0.39 is 11.6 Å². The average molecular weight is 531 g/mol. The first-order valence-electron chi connectivity index (χ1n) is 13.9. The molecule has 0 saturated carbocycles. The number of hydrogen-bond acceptors (Lipinski definition) is 7. The molecule has 39 heavy (non-hydrogen) atoms. The van der Waals surface area contributed by atoms with Gasteiger partial charge in [0, 0.05) is 44.4 Å². The molecule has 1 N–H and O–H groups in total. The van der Waals surface area contributed by atoms with Gasteiger partial charge in [0.25, 0.3) is 0 Å². The molecule has 0 atom stereocenters. The number of rotatable bonds is 6. The minimum absolute atomic E-state index is 0.0370. The highest BCUT2D eigenvalue weighted by Gasteiger charge is 2.44. The molecular formula is C29H32F2N8. The summed E-state index contributed by atoms with van der Waals surface area (Å²) in [7, 11) is 0. The van der Waals surface area contributed by atoms with Gasteiger partial charge in [-0.1, -0.05) is 13.0 Å². The number of aryl methyl sites for hydroxylation is 2. The van der Waals surface area contributed by atoms with Crippen LogP contribution in [0, 0.1) is 17.0 Å². The molecule has 0 bridgehead atoms. The quantitative estimate of drug-likeness (QED) is 0.385. The van der Waals surface area contributed by atoms with Crippen molar-refractivity contribution in [2.24, 2.45) is 5.41 Å². The summed E-state index contributed by atoms with van der Waals surface area (Å²) in [5.41, 5.74) is 3.04. The number of halogens is 2. The Bertz CT molecular complexity index is 1520. The van der Waals surface area contributed by atoms with Crippen LogP contribution in [0.5, 0.6) is 0 Å². The van der Waals surface area contributed by atoms with Gasteiger partial charge in [-0.3, -0.25) is 4.90 Å². The van der Waals surface area contributed by atoms with Crippen LogP contribution in [0.15, 0.2) is 36.7 Å². The zero-order valence-corrected chi connectivity index (χ0v) is 22.1. The monoisotopic (exact) mass is 530 g/mol. The summed E-state index contributed by atoms with van der Waals surface area (Å²) < 4.78 is 31.7. The van der Waals surface area contributed by atoms with Crippen molar-refractivity contribution in [2.75, 3.05) is 38.0 Å². The molecule has 0 amide bonds. The van der Waals surface area contributed by atoms with Crippen molar-refractivity contribution in [3.05, 3.63) is 59.7 Å². The topological polar surface area (TPSA) is 75.0 Å². The van der Waals surface area contributed by atoms with Gasteiger partial charge in [0.1, 0.15) is 22.9 Å². The number of piperidine rings is 1. The molecule has 3 aromatic heterocycles. The molecule has 3 aliphatic rings. The first kappa shape index (κ1) is 24.5. The molecule has 0 aliphatic carbocycles. The van der Waals surface area contributed by atoms with Gasteiger partial charge in [0.2, 0.25) is 5.95 Å². The number of hydrogen-bond donors (Lipinski definition) is 1. The van der Waals surface area contributed by atoms with Crippen LogP contribution in [0.3, 0.4) is 0 Å². The number of nitrogens with zero attached hydrogens (tertiary/aromatic N) is 7. The highest BCUT2D eigenvalue weighted by atomic mass is 19.1. The summed E-state index contributed by atoms with van der Waals surface area (Å²) in [4.78, 5) is 22.4. The van der Waals surface area contributed by atoms with Crippen molar-refractivity contribution in [3.8, 4) is 11.3 Å². The lowest BCUT2D eigenvalue weighted by molar-refractivity contribution is -0.0502. The second-order valence-electron chi connectivity index (χ2n) is 11.3. The number of fused-ring (bicyclic) bond motifs is 3. The van der Waals surface area contributed by atoms with Crippen LogP contribution in [-0.4, -0.2) is 67.0 Å². The van der Waals surface area contributed by atoms with E-state index in [9.17, 15) is 8.78 Å². The highest BCUT2D eigenvalue weighted by molar-refractivity contribution is 5.83. The number of benzene rings is 1. The van der Waals surface area contributed by atoms with Gasteiger partial charge in [-0.25, -0.2) is 28.7 Å². The van der Waals surface area contributed by atoms with Gasteiger partial charge < -0.3 is 14.8 Å². The Morgan fingerprint density at radius 2 is 1.79 bits per heavy atom. The zero-order chi connectivity index (χ0) is 26.6. The maximum atomic E-state index is 14.9. The molecular weight excluding hydrogens is 498 g/mol. The molecule has 4 aromatic rings. The third kappa shape index (κ3) is 4.55. The van der Waals surface area contributed by atoms with Gasteiger partial charge in [0.05, 0.1) is 11.7 Å². The first-order valence-corrected chi connectivity index (χ1v) is 13.9. The molecule has 8 nitrogen and oxygen atoms in total. The molecule has 7 rings (SSSR count). The Morgan fingerprint density at radius 3 is 2.56 bits per heavy atom. The summed E-state index contributed by atoms with van der Waals surface area (Å²) in [5.74, 6) is 0.546. The minimum atomic E-state index is -0.614. The fourth-order valence-corrected chi connectivity index (χ4v) is 6.47. The third-order valence-electron chi connectivity index (χ3n) is 8.64. The fraction of sp³-hybridized carbons (Fsp3) is 0.448. The lowest BCUT2D eigenvalue weighted by Gasteiger charge is -2.54. The van der Waals surface area contributed by atoms with E-state index in [0.717, 1.165) is 63.2 Å². The predicted octanol–water partition coefficient (Wildman–Crippen LogP) is 4.77. The molecule has 1 aromatic carbocycles. The van der Waals surface area contributed by atoms with Crippen molar-refractivity contribution >= 4 is 22.8 Å². The largest absolute Gasteiger partial charge is 0.328 e. The maximum absolute atomic E-state index is 14.9. The van der Waals surface area contributed by atoms with E-state index in [-0.39, 0.29) is 11.6 Å². The van der Waals surface area contributed by atoms with E-state index >= 15 is 0 Å². The average Bonchev–Trinajstić information content (AvgIpc) is 3.53. The van der Waals surface area contributed by atoms with Crippen molar-refractivity contribution in [1.29, 1.82) is 0 Å². The smallest absolute Gasteiger partial charge is 0.229 e. The lowest BCUT2D eigenvalue weighted by atomic mass is 9.72. The van der Waals surface area contributed by atoms with Crippen molar-refractivity contribution in [1.82, 2.24) is 34.3 Å². The van der Waals surface area contributed by atoms with Crippen LogP contribution < -0.4 is 5.32 Å². The van der Waals surface area contributed by atoms with Crippen molar-refractivity contribution in [3.63, 3.8) is 0 Å².